The number of ether oxygens (including phenoxy) is 1. The number of thioether (sulfide) groups is 1. The topological polar surface area (TPSA) is 139 Å². The Hall–Kier alpha value is -2.93. The van der Waals surface area contributed by atoms with Crippen molar-refractivity contribution in [3.05, 3.63) is 22.3 Å². The van der Waals surface area contributed by atoms with E-state index in [0.717, 1.165) is 22.6 Å². The second-order valence-corrected chi connectivity index (χ2v) is 8.22. The average Bonchev–Trinajstić information content (AvgIpc) is 3.17. The number of thiazole rings is 1. The van der Waals surface area contributed by atoms with Gasteiger partial charge in [-0.3, -0.25) is 24.1 Å². The Balaban J connectivity index is 1.70. The van der Waals surface area contributed by atoms with Gasteiger partial charge < -0.3 is 20.2 Å². The molecule has 2 aliphatic heterocycles. The van der Waals surface area contributed by atoms with Gasteiger partial charge in [0.1, 0.15) is 30.8 Å². The number of allylic oxidation sites excluding steroid dienone is 1. The molecule has 3 amide bonds. The van der Waals surface area contributed by atoms with Crippen molar-refractivity contribution in [2.75, 3.05) is 24.8 Å². The number of hydrogen-bond acceptors (Lipinski definition) is 10. The standard InChI is InChI=1S/C17H19N5O6S2/c1-8-10(4-28-9(2)24)5-29-16-13(15(26)22(8)16)20-14(25)12(21-27-3)11-6-30-17(19-11)18-7-23/h6-7,13,16H,4-5H2,1-3H3,(H,20,25)(H,18,19,23)/t13-,16-/m1/s1. The molecule has 1 saturated heterocycles. The summed E-state index contributed by atoms with van der Waals surface area (Å²) in [7, 11) is 1.29. The molecule has 1 aromatic rings. The van der Waals surface area contributed by atoms with Crippen LogP contribution in [0.25, 0.3) is 0 Å². The van der Waals surface area contributed by atoms with Crippen molar-refractivity contribution >= 4 is 58.1 Å². The third-order valence-electron chi connectivity index (χ3n) is 4.41. The number of nitrogens with one attached hydrogen (secondary N) is 2. The van der Waals surface area contributed by atoms with Crippen LogP contribution in [0, 0.1) is 0 Å². The van der Waals surface area contributed by atoms with Gasteiger partial charge in [-0.05, 0) is 12.5 Å². The first-order valence-electron chi connectivity index (χ1n) is 8.72. The van der Waals surface area contributed by atoms with Gasteiger partial charge in [0.15, 0.2) is 10.8 Å². The van der Waals surface area contributed by atoms with Crippen molar-refractivity contribution in [3.8, 4) is 0 Å². The Bertz CT molecular complexity index is 943. The average molecular weight is 454 g/mol. The van der Waals surface area contributed by atoms with Crippen LogP contribution in [-0.2, 0) is 28.8 Å². The first-order valence-corrected chi connectivity index (χ1v) is 10.6. The van der Waals surface area contributed by atoms with Crippen LogP contribution in [-0.4, -0.2) is 70.7 Å². The van der Waals surface area contributed by atoms with E-state index < -0.39 is 11.9 Å². The Morgan fingerprint density at radius 1 is 1.47 bits per heavy atom. The molecule has 0 spiro atoms. The van der Waals surface area contributed by atoms with Gasteiger partial charge in [-0.1, -0.05) is 5.16 Å². The van der Waals surface area contributed by atoms with Crippen LogP contribution in [0.4, 0.5) is 5.13 Å². The minimum Gasteiger partial charge on any atom is -0.461 e. The zero-order valence-corrected chi connectivity index (χ0v) is 18.0. The predicted molar refractivity (Wildman–Crippen MR) is 110 cm³/mol. The summed E-state index contributed by atoms with van der Waals surface area (Å²) in [5.41, 5.74) is 1.68. The number of fused-ring (bicyclic) bond motifs is 1. The fourth-order valence-corrected chi connectivity index (χ4v) is 5.03. The van der Waals surface area contributed by atoms with E-state index in [0.29, 0.717) is 17.3 Å². The van der Waals surface area contributed by atoms with Crippen molar-refractivity contribution in [3.63, 3.8) is 0 Å². The number of anilines is 1. The smallest absolute Gasteiger partial charge is 0.302 e. The van der Waals surface area contributed by atoms with Crippen molar-refractivity contribution < 1.29 is 28.8 Å². The van der Waals surface area contributed by atoms with E-state index in [9.17, 15) is 19.2 Å². The maximum absolute atomic E-state index is 12.8. The van der Waals surface area contributed by atoms with Crippen molar-refractivity contribution in [1.82, 2.24) is 15.2 Å². The van der Waals surface area contributed by atoms with Gasteiger partial charge in [-0.2, -0.15) is 0 Å². The van der Waals surface area contributed by atoms with Gasteiger partial charge >= 0.3 is 5.97 Å². The fraction of sp³-hybridized carbons (Fsp3) is 0.412. The molecule has 0 aliphatic carbocycles. The summed E-state index contributed by atoms with van der Waals surface area (Å²) in [4.78, 5) is 57.4. The van der Waals surface area contributed by atoms with Crippen LogP contribution in [0.15, 0.2) is 21.8 Å². The van der Waals surface area contributed by atoms with E-state index >= 15 is 0 Å². The molecule has 3 rings (SSSR count). The van der Waals surface area contributed by atoms with E-state index in [4.69, 9.17) is 9.57 Å². The Kier molecular flexibility index (Phi) is 6.72. The van der Waals surface area contributed by atoms with Gasteiger partial charge in [0.05, 0.1) is 0 Å². The monoisotopic (exact) mass is 453 g/mol. The van der Waals surface area contributed by atoms with Crippen LogP contribution < -0.4 is 10.6 Å². The van der Waals surface area contributed by atoms with Crippen molar-refractivity contribution in [2.45, 2.75) is 25.3 Å². The molecule has 2 N–H and O–H groups in total. The van der Waals surface area contributed by atoms with Crippen LogP contribution >= 0.6 is 23.1 Å². The summed E-state index contributed by atoms with van der Waals surface area (Å²) in [6, 6.07) is -0.735. The minimum absolute atomic E-state index is 0.109. The zero-order chi connectivity index (χ0) is 21.8. The lowest BCUT2D eigenvalue weighted by Gasteiger charge is -2.50. The molecule has 0 aromatic carbocycles. The number of oxime groups is 1. The molecular formula is C17H19N5O6S2. The highest BCUT2D eigenvalue weighted by molar-refractivity contribution is 8.00. The quantitative estimate of drug-likeness (QED) is 0.188. The van der Waals surface area contributed by atoms with E-state index in [1.807, 2.05) is 0 Å². The number of carbonyl (C=O) groups is 4. The molecule has 3 heterocycles. The van der Waals surface area contributed by atoms with Crippen LogP contribution in [0.2, 0.25) is 0 Å². The summed E-state index contributed by atoms with van der Waals surface area (Å²) in [6.45, 7) is 3.25. The fourth-order valence-electron chi connectivity index (χ4n) is 2.92. The summed E-state index contributed by atoms with van der Waals surface area (Å²) < 4.78 is 5.03. The van der Waals surface area contributed by atoms with Gasteiger partial charge in [0.25, 0.3) is 11.8 Å². The number of rotatable bonds is 8. The van der Waals surface area contributed by atoms with Gasteiger partial charge in [0, 0.05) is 23.8 Å². The van der Waals surface area contributed by atoms with Crippen LogP contribution in [0.1, 0.15) is 19.5 Å². The molecule has 1 aromatic heterocycles. The number of nitrogens with zero attached hydrogens (tertiary/aromatic N) is 3. The number of carbonyl (C=O) groups excluding carboxylic acids is 4. The number of amides is 3. The van der Waals surface area contributed by atoms with Gasteiger partial charge in [-0.15, -0.1) is 23.1 Å². The number of aromatic nitrogens is 1. The lowest BCUT2D eigenvalue weighted by molar-refractivity contribution is -0.145. The highest BCUT2D eigenvalue weighted by Gasteiger charge is 2.52. The molecule has 160 valence electrons. The summed E-state index contributed by atoms with van der Waals surface area (Å²) in [5, 5.41) is 10.4. The van der Waals surface area contributed by atoms with Crippen molar-refractivity contribution in [1.29, 1.82) is 0 Å². The highest BCUT2D eigenvalue weighted by Crippen LogP contribution is 2.40. The second-order valence-electron chi connectivity index (χ2n) is 6.25. The molecule has 30 heavy (non-hydrogen) atoms. The number of hydrogen-bond donors (Lipinski definition) is 2. The molecular weight excluding hydrogens is 434 g/mol. The third-order valence-corrected chi connectivity index (χ3v) is 6.52. The summed E-state index contributed by atoms with van der Waals surface area (Å²) in [5.74, 6) is -0.699. The van der Waals surface area contributed by atoms with Crippen LogP contribution in [0.3, 0.4) is 0 Å². The maximum atomic E-state index is 12.8. The zero-order valence-electron chi connectivity index (χ0n) is 16.3. The van der Waals surface area contributed by atoms with Crippen molar-refractivity contribution in [2.24, 2.45) is 5.16 Å². The molecule has 1 fully saturated rings. The molecule has 11 nitrogen and oxygen atoms in total. The minimum atomic E-state index is -0.735. The molecule has 13 heteroatoms. The summed E-state index contributed by atoms with van der Waals surface area (Å²) >= 11 is 2.59. The first-order chi connectivity index (χ1) is 14.4. The van der Waals surface area contributed by atoms with Gasteiger partial charge in [0.2, 0.25) is 6.41 Å². The molecule has 0 saturated carbocycles. The molecule has 0 unspecified atom stereocenters. The third kappa shape index (κ3) is 4.31. The van der Waals surface area contributed by atoms with E-state index in [-0.39, 0.29) is 35.3 Å². The predicted octanol–water partition coefficient (Wildman–Crippen LogP) is 0.299. The Morgan fingerprint density at radius 3 is 2.90 bits per heavy atom. The molecule has 0 bridgehead atoms. The van der Waals surface area contributed by atoms with Crippen LogP contribution in [0.5, 0.6) is 0 Å². The second kappa shape index (κ2) is 9.26. The SMILES string of the molecule is CON=C(C(=O)N[C@@H]1C(=O)N2C(C)=C(COC(C)=O)CS[C@H]12)c1csc(NC=O)n1. The maximum Gasteiger partial charge on any atom is 0.302 e. The Morgan fingerprint density at radius 2 is 2.23 bits per heavy atom. The van der Waals surface area contributed by atoms with E-state index in [1.54, 1.807) is 17.2 Å². The number of β-lactam (4-membered cyclic amide) rings is 1. The lowest BCUT2D eigenvalue weighted by atomic mass is 10.0. The molecule has 2 atom stereocenters. The normalized spacial score (nSPS) is 20.8. The lowest BCUT2D eigenvalue weighted by Crippen LogP contribution is -2.70. The molecule has 2 aliphatic rings. The van der Waals surface area contributed by atoms with E-state index in [2.05, 4.69) is 20.8 Å². The number of esters is 1. The summed E-state index contributed by atoms with van der Waals surface area (Å²) in [6.07, 6.45) is 0.475. The Labute approximate surface area is 179 Å². The van der Waals surface area contributed by atoms with Gasteiger partial charge in [-0.25, -0.2) is 4.98 Å². The van der Waals surface area contributed by atoms with E-state index in [1.165, 1.54) is 25.8 Å². The first kappa shape index (κ1) is 21.8. The molecule has 0 radical (unpaired) electrons. The highest BCUT2D eigenvalue weighted by atomic mass is 32.2. The largest absolute Gasteiger partial charge is 0.461 e.